The van der Waals surface area contributed by atoms with Crippen LogP contribution < -0.4 is 11.1 Å². The van der Waals surface area contributed by atoms with Crippen LogP contribution in [0.4, 0.5) is 0 Å². The molecule has 3 heterocycles. The van der Waals surface area contributed by atoms with Crippen molar-refractivity contribution in [1.82, 2.24) is 9.88 Å². The maximum atomic E-state index is 11.8. The molecule has 6 nitrogen and oxygen atoms in total. The molecule has 0 bridgehead atoms. The molecule has 2 aromatic rings. The van der Waals surface area contributed by atoms with Gasteiger partial charge >= 0.3 is 0 Å². The first-order chi connectivity index (χ1) is 8.66. The maximum absolute atomic E-state index is 11.8. The van der Waals surface area contributed by atoms with Gasteiger partial charge in [0.25, 0.3) is 5.91 Å². The van der Waals surface area contributed by atoms with Crippen LogP contribution in [0.3, 0.4) is 0 Å². The molecule has 18 heavy (non-hydrogen) atoms. The summed E-state index contributed by atoms with van der Waals surface area (Å²) in [6.45, 7) is 0.319. The topological polar surface area (TPSA) is 90.3 Å². The SMILES string of the molecule is NC(=O)C1Cn2c(ccc2-c2ccco2)C(=O)N1. The predicted molar refractivity (Wildman–Crippen MR) is 62.6 cm³/mol. The van der Waals surface area contributed by atoms with Gasteiger partial charge in [0.05, 0.1) is 18.5 Å². The third-order valence-electron chi connectivity index (χ3n) is 3.00. The van der Waals surface area contributed by atoms with Gasteiger partial charge in [-0.25, -0.2) is 0 Å². The Morgan fingerprint density at radius 3 is 2.83 bits per heavy atom. The molecule has 1 aliphatic heterocycles. The van der Waals surface area contributed by atoms with E-state index >= 15 is 0 Å². The lowest BCUT2D eigenvalue weighted by molar-refractivity contribution is -0.120. The third kappa shape index (κ3) is 1.50. The molecule has 0 aliphatic carbocycles. The Balaban J connectivity index is 2.07. The van der Waals surface area contributed by atoms with Gasteiger partial charge in [-0.05, 0) is 24.3 Å². The van der Waals surface area contributed by atoms with E-state index in [1.165, 1.54) is 0 Å². The first-order valence-corrected chi connectivity index (χ1v) is 5.50. The van der Waals surface area contributed by atoms with Gasteiger partial charge in [0.15, 0.2) is 0 Å². The Morgan fingerprint density at radius 1 is 1.39 bits per heavy atom. The van der Waals surface area contributed by atoms with Gasteiger partial charge in [-0.2, -0.15) is 0 Å². The van der Waals surface area contributed by atoms with E-state index < -0.39 is 11.9 Å². The maximum Gasteiger partial charge on any atom is 0.268 e. The average Bonchev–Trinajstić information content (AvgIpc) is 2.96. The summed E-state index contributed by atoms with van der Waals surface area (Å²) in [7, 11) is 0. The summed E-state index contributed by atoms with van der Waals surface area (Å²) in [6, 6.07) is 6.37. The van der Waals surface area contributed by atoms with Crippen LogP contribution in [0.25, 0.3) is 11.5 Å². The zero-order valence-electron chi connectivity index (χ0n) is 9.42. The summed E-state index contributed by atoms with van der Waals surface area (Å²) in [4.78, 5) is 23.0. The minimum Gasteiger partial charge on any atom is -0.463 e. The number of aromatic nitrogens is 1. The fraction of sp³-hybridized carbons (Fsp3) is 0.167. The molecule has 0 aromatic carbocycles. The van der Waals surface area contributed by atoms with Crippen LogP contribution in [0.1, 0.15) is 10.5 Å². The number of nitrogens with two attached hydrogens (primary N) is 1. The standard InChI is InChI=1S/C12H11N3O3/c13-11(16)7-6-15-8(10-2-1-5-18-10)3-4-9(15)12(17)14-7/h1-5,7H,6H2,(H2,13,16)(H,14,17). The van der Waals surface area contributed by atoms with Gasteiger partial charge in [-0.1, -0.05) is 0 Å². The number of furan rings is 1. The van der Waals surface area contributed by atoms with Gasteiger partial charge in [-0.3, -0.25) is 9.59 Å². The van der Waals surface area contributed by atoms with Crippen molar-refractivity contribution in [3.8, 4) is 11.5 Å². The van der Waals surface area contributed by atoms with Crippen LogP contribution in [0.2, 0.25) is 0 Å². The van der Waals surface area contributed by atoms with Crippen LogP contribution in [-0.2, 0) is 11.3 Å². The molecule has 3 rings (SSSR count). The van der Waals surface area contributed by atoms with E-state index in [0.29, 0.717) is 18.0 Å². The van der Waals surface area contributed by atoms with E-state index in [4.69, 9.17) is 10.2 Å². The zero-order valence-corrected chi connectivity index (χ0v) is 9.42. The van der Waals surface area contributed by atoms with E-state index in [-0.39, 0.29) is 5.91 Å². The van der Waals surface area contributed by atoms with Gasteiger partial charge in [0, 0.05) is 0 Å². The molecule has 6 heteroatoms. The number of primary amides is 1. The number of fused-ring (bicyclic) bond motifs is 1. The summed E-state index contributed by atoms with van der Waals surface area (Å²) in [6.07, 6.45) is 1.56. The van der Waals surface area contributed by atoms with Crippen molar-refractivity contribution in [2.45, 2.75) is 12.6 Å². The van der Waals surface area contributed by atoms with Crippen molar-refractivity contribution >= 4 is 11.8 Å². The molecule has 2 amide bonds. The smallest absolute Gasteiger partial charge is 0.268 e. The van der Waals surface area contributed by atoms with Crippen molar-refractivity contribution < 1.29 is 14.0 Å². The quantitative estimate of drug-likeness (QED) is 0.799. The first kappa shape index (κ1) is 10.6. The van der Waals surface area contributed by atoms with Gasteiger partial charge < -0.3 is 20.0 Å². The summed E-state index contributed by atoms with van der Waals surface area (Å²) in [5.41, 5.74) is 6.49. The van der Waals surface area contributed by atoms with Crippen LogP contribution in [0, 0.1) is 0 Å². The number of nitrogens with zero attached hydrogens (tertiary/aromatic N) is 1. The van der Waals surface area contributed by atoms with E-state index in [9.17, 15) is 9.59 Å². The molecule has 2 aromatic heterocycles. The highest BCUT2D eigenvalue weighted by Crippen LogP contribution is 2.25. The molecular weight excluding hydrogens is 234 g/mol. The van der Waals surface area contributed by atoms with Crippen LogP contribution in [0.15, 0.2) is 34.9 Å². The number of hydrogen-bond acceptors (Lipinski definition) is 3. The fourth-order valence-corrected chi connectivity index (χ4v) is 2.12. The number of hydrogen-bond donors (Lipinski definition) is 2. The van der Waals surface area contributed by atoms with Crippen molar-refractivity contribution in [1.29, 1.82) is 0 Å². The zero-order chi connectivity index (χ0) is 12.7. The lowest BCUT2D eigenvalue weighted by Crippen LogP contribution is -2.51. The van der Waals surface area contributed by atoms with Crippen molar-refractivity contribution in [2.24, 2.45) is 5.73 Å². The fourth-order valence-electron chi connectivity index (χ4n) is 2.12. The molecule has 0 fully saturated rings. The van der Waals surface area contributed by atoms with Crippen LogP contribution in [-0.4, -0.2) is 22.4 Å². The number of amides is 2. The molecule has 1 aliphatic rings. The second-order valence-corrected chi connectivity index (χ2v) is 4.12. The lowest BCUT2D eigenvalue weighted by atomic mass is 10.2. The highest BCUT2D eigenvalue weighted by Gasteiger charge is 2.29. The number of rotatable bonds is 2. The van der Waals surface area contributed by atoms with E-state index in [0.717, 1.165) is 5.69 Å². The summed E-state index contributed by atoms with van der Waals surface area (Å²) >= 11 is 0. The van der Waals surface area contributed by atoms with E-state index in [1.54, 1.807) is 35.1 Å². The third-order valence-corrected chi connectivity index (χ3v) is 3.00. The Bertz CT molecular complexity index is 613. The highest BCUT2D eigenvalue weighted by molar-refractivity contribution is 5.98. The second kappa shape index (κ2) is 3.76. The Hall–Kier alpha value is -2.50. The van der Waals surface area contributed by atoms with E-state index in [1.807, 2.05) is 0 Å². The molecule has 0 saturated heterocycles. The molecule has 1 unspecified atom stereocenters. The Kier molecular flexibility index (Phi) is 2.22. The minimum absolute atomic E-state index is 0.303. The number of carbonyl (C=O) groups excluding carboxylic acids is 2. The normalized spacial score (nSPS) is 18.2. The first-order valence-electron chi connectivity index (χ1n) is 5.50. The highest BCUT2D eigenvalue weighted by atomic mass is 16.3. The van der Waals surface area contributed by atoms with Crippen molar-refractivity contribution in [3.63, 3.8) is 0 Å². The second-order valence-electron chi connectivity index (χ2n) is 4.12. The van der Waals surface area contributed by atoms with Gasteiger partial charge in [0.1, 0.15) is 17.5 Å². The van der Waals surface area contributed by atoms with Crippen molar-refractivity contribution in [2.75, 3.05) is 0 Å². The Morgan fingerprint density at radius 2 is 2.17 bits per heavy atom. The molecule has 0 saturated carbocycles. The van der Waals surface area contributed by atoms with Gasteiger partial charge in [0.2, 0.25) is 5.91 Å². The van der Waals surface area contributed by atoms with Crippen LogP contribution in [0.5, 0.6) is 0 Å². The Labute approximate surface area is 102 Å². The summed E-state index contributed by atoms with van der Waals surface area (Å²) in [5.74, 6) is -0.199. The molecule has 0 radical (unpaired) electrons. The molecule has 0 spiro atoms. The van der Waals surface area contributed by atoms with E-state index in [2.05, 4.69) is 5.32 Å². The lowest BCUT2D eigenvalue weighted by Gasteiger charge is -2.24. The average molecular weight is 245 g/mol. The van der Waals surface area contributed by atoms with Gasteiger partial charge in [-0.15, -0.1) is 0 Å². The molecular formula is C12H11N3O3. The largest absolute Gasteiger partial charge is 0.463 e. The molecule has 92 valence electrons. The summed E-state index contributed by atoms with van der Waals surface area (Å²) in [5, 5.41) is 2.57. The number of carbonyl (C=O) groups is 2. The molecule has 1 atom stereocenters. The minimum atomic E-state index is -0.689. The predicted octanol–water partition coefficient (Wildman–Crippen LogP) is 0.345. The van der Waals surface area contributed by atoms with Crippen molar-refractivity contribution in [3.05, 3.63) is 36.2 Å². The van der Waals surface area contributed by atoms with Crippen LogP contribution >= 0.6 is 0 Å². The summed E-state index contributed by atoms with van der Waals surface area (Å²) < 4.78 is 7.05. The number of nitrogens with one attached hydrogen (secondary N) is 1. The monoisotopic (exact) mass is 245 g/mol. The molecule has 3 N–H and O–H groups in total.